The van der Waals surface area contributed by atoms with E-state index in [1.54, 1.807) is 53.6 Å². The molecular weight excluding hydrogens is 356 g/mol. The van der Waals surface area contributed by atoms with Crippen molar-refractivity contribution < 1.29 is 13.2 Å². The van der Waals surface area contributed by atoms with Crippen molar-refractivity contribution in [3.05, 3.63) is 52.2 Å². The van der Waals surface area contributed by atoms with Gasteiger partial charge in [-0.15, -0.1) is 11.3 Å². The van der Waals surface area contributed by atoms with Crippen molar-refractivity contribution in [3.8, 4) is 0 Å². The number of sulfonamides is 1. The number of carbonyl (C=O) groups excluding carboxylic acids is 1. The zero-order chi connectivity index (χ0) is 18.0. The number of carbonyl (C=O) groups is 1. The van der Waals surface area contributed by atoms with Crippen LogP contribution >= 0.6 is 11.3 Å². The van der Waals surface area contributed by atoms with Gasteiger partial charge in [0.2, 0.25) is 15.9 Å². The molecule has 3 rings (SSSR count). The Balaban J connectivity index is 1.79. The van der Waals surface area contributed by atoms with Gasteiger partial charge in [0.1, 0.15) is 6.04 Å². The fourth-order valence-corrected chi connectivity index (χ4v) is 5.75. The van der Waals surface area contributed by atoms with Gasteiger partial charge >= 0.3 is 0 Å². The smallest absolute Gasteiger partial charge is 0.243 e. The van der Waals surface area contributed by atoms with E-state index >= 15 is 0 Å². The molecule has 1 atom stereocenters. The van der Waals surface area contributed by atoms with Crippen molar-refractivity contribution in [3.63, 3.8) is 0 Å². The van der Waals surface area contributed by atoms with Gasteiger partial charge in [-0.25, -0.2) is 8.42 Å². The summed E-state index contributed by atoms with van der Waals surface area (Å²) in [5.41, 5.74) is 1.16. The zero-order valence-corrected chi connectivity index (χ0v) is 16.0. The molecule has 25 heavy (non-hydrogen) atoms. The number of nitrogens with zero attached hydrogens (tertiary/aromatic N) is 2. The number of benzene rings is 1. The van der Waals surface area contributed by atoms with Crippen LogP contribution in [0.2, 0.25) is 0 Å². The molecule has 7 heteroatoms. The summed E-state index contributed by atoms with van der Waals surface area (Å²) in [6.07, 6.45) is 1.27. The van der Waals surface area contributed by atoms with Gasteiger partial charge in [0.25, 0.3) is 0 Å². The predicted molar refractivity (Wildman–Crippen MR) is 98.9 cm³/mol. The normalized spacial score (nSPS) is 18.4. The summed E-state index contributed by atoms with van der Waals surface area (Å²) < 4.78 is 27.2. The summed E-state index contributed by atoms with van der Waals surface area (Å²) >= 11 is 1.62. The molecule has 1 amide bonds. The van der Waals surface area contributed by atoms with Crippen molar-refractivity contribution in [2.24, 2.45) is 0 Å². The molecule has 0 N–H and O–H groups in total. The number of hydrogen-bond acceptors (Lipinski definition) is 4. The molecular formula is C18H22N2O3S2. The Morgan fingerprint density at radius 1 is 1.28 bits per heavy atom. The van der Waals surface area contributed by atoms with E-state index in [0.717, 1.165) is 10.4 Å². The highest BCUT2D eigenvalue weighted by Gasteiger charge is 2.40. The molecule has 1 saturated heterocycles. The van der Waals surface area contributed by atoms with Gasteiger partial charge in [0, 0.05) is 18.5 Å². The molecule has 0 saturated carbocycles. The van der Waals surface area contributed by atoms with E-state index in [1.807, 2.05) is 18.4 Å². The summed E-state index contributed by atoms with van der Waals surface area (Å²) in [5.74, 6) is -0.134. The largest absolute Gasteiger partial charge is 0.339 e. The maximum absolute atomic E-state index is 12.9. The van der Waals surface area contributed by atoms with E-state index in [2.05, 4.69) is 0 Å². The Morgan fingerprint density at radius 2 is 2.00 bits per heavy atom. The molecule has 1 aliphatic heterocycles. The maximum atomic E-state index is 12.9. The Labute approximate surface area is 152 Å². The van der Waals surface area contributed by atoms with E-state index in [1.165, 1.54) is 4.31 Å². The highest BCUT2D eigenvalue weighted by Crippen LogP contribution is 2.28. The van der Waals surface area contributed by atoms with E-state index in [-0.39, 0.29) is 10.8 Å². The molecule has 2 aromatic rings. The first-order valence-corrected chi connectivity index (χ1v) is 10.6. The molecule has 1 aliphatic rings. The number of likely N-dealkylation sites (N-methyl/N-ethyl adjacent to an activating group) is 1. The van der Waals surface area contributed by atoms with Crippen LogP contribution in [0.3, 0.4) is 0 Å². The molecule has 1 unspecified atom stereocenters. The third kappa shape index (κ3) is 3.63. The minimum atomic E-state index is -3.65. The van der Waals surface area contributed by atoms with Crippen molar-refractivity contribution >= 4 is 27.3 Å². The van der Waals surface area contributed by atoms with Crippen LogP contribution in [0, 0.1) is 6.92 Å². The lowest BCUT2D eigenvalue weighted by molar-refractivity contribution is -0.133. The Morgan fingerprint density at radius 3 is 2.64 bits per heavy atom. The number of amides is 1. The van der Waals surface area contributed by atoms with Gasteiger partial charge in [0.15, 0.2) is 0 Å². The van der Waals surface area contributed by atoms with Gasteiger partial charge in [-0.1, -0.05) is 18.2 Å². The zero-order valence-electron chi connectivity index (χ0n) is 14.4. The van der Waals surface area contributed by atoms with Gasteiger partial charge in [0.05, 0.1) is 11.4 Å². The lowest BCUT2D eigenvalue weighted by Gasteiger charge is -2.27. The van der Waals surface area contributed by atoms with Crippen molar-refractivity contribution in [1.29, 1.82) is 0 Å². The molecule has 2 heterocycles. The first-order valence-electron chi connectivity index (χ1n) is 8.26. The molecule has 134 valence electrons. The van der Waals surface area contributed by atoms with Crippen LogP contribution in [0.1, 0.15) is 23.3 Å². The first kappa shape index (κ1) is 18.1. The SMILES string of the molecule is Cc1ccsc1CN(C)C(=O)C1CCCN1S(=O)(=O)c1ccccc1. The van der Waals surface area contributed by atoms with Crippen LogP contribution in [0.5, 0.6) is 0 Å². The monoisotopic (exact) mass is 378 g/mol. The summed E-state index contributed by atoms with van der Waals surface area (Å²) in [7, 11) is -1.90. The average molecular weight is 379 g/mol. The standard InChI is InChI=1S/C18H22N2O3S2/c1-14-10-12-24-17(14)13-19(2)18(21)16-9-6-11-20(16)25(22,23)15-7-4-3-5-8-15/h3-5,7-8,10,12,16H,6,9,11,13H2,1-2H3. The van der Waals surface area contributed by atoms with Gasteiger partial charge < -0.3 is 4.90 Å². The van der Waals surface area contributed by atoms with Crippen LogP contribution in [0.15, 0.2) is 46.7 Å². The molecule has 1 aromatic carbocycles. The van der Waals surface area contributed by atoms with Gasteiger partial charge in [-0.05, 0) is 48.9 Å². The number of rotatable bonds is 5. The lowest BCUT2D eigenvalue weighted by Crippen LogP contribution is -2.46. The van der Waals surface area contributed by atoms with Crippen LogP contribution < -0.4 is 0 Å². The number of thiophene rings is 1. The van der Waals surface area contributed by atoms with E-state index in [9.17, 15) is 13.2 Å². The van der Waals surface area contributed by atoms with Crippen LogP contribution in [0.4, 0.5) is 0 Å². The summed E-state index contributed by atoms with van der Waals surface area (Å²) in [4.78, 5) is 15.9. The van der Waals surface area contributed by atoms with E-state index in [4.69, 9.17) is 0 Å². The first-order chi connectivity index (χ1) is 11.9. The van der Waals surface area contributed by atoms with Crippen LogP contribution in [0.25, 0.3) is 0 Å². The van der Waals surface area contributed by atoms with Crippen molar-refractivity contribution in [1.82, 2.24) is 9.21 Å². The summed E-state index contributed by atoms with van der Waals surface area (Å²) in [5, 5.41) is 2.00. The number of aryl methyl sites for hydroxylation is 1. The molecule has 5 nitrogen and oxygen atoms in total. The molecule has 0 spiro atoms. The fraction of sp³-hybridized carbons (Fsp3) is 0.389. The average Bonchev–Trinajstić information content (AvgIpc) is 3.25. The van der Waals surface area contributed by atoms with Crippen molar-refractivity contribution in [2.75, 3.05) is 13.6 Å². The molecule has 0 bridgehead atoms. The Bertz CT molecular complexity index is 846. The molecule has 1 aromatic heterocycles. The Kier molecular flexibility index (Phi) is 5.27. The van der Waals surface area contributed by atoms with E-state index < -0.39 is 16.1 Å². The highest BCUT2D eigenvalue weighted by molar-refractivity contribution is 7.89. The van der Waals surface area contributed by atoms with E-state index in [0.29, 0.717) is 25.9 Å². The third-order valence-corrected chi connectivity index (χ3v) is 7.49. The minimum absolute atomic E-state index is 0.134. The second-order valence-corrected chi connectivity index (χ2v) is 9.20. The predicted octanol–water partition coefficient (Wildman–Crippen LogP) is 2.87. The minimum Gasteiger partial charge on any atom is -0.339 e. The van der Waals surface area contributed by atoms with Crippen LogP contribution in [-0.4, -0.2) is 43.2 Å². The second-order valence-electron chi connectivity index (χ2n) is 6.31. The quantitative estimate of drug-likeness (QED) is 0.804. The molecule has 0 radical (unpaired) electrons. The highest BCUT2D eigenvalue weighted by atomic mass is 32.2. The Hall–Kier alpha value is -1.70. The summed E-state index contributed by atoms with van der Waals surface area (Å²) in [6, 6.07) is 9.75. The third-order valence-electron chi connectivity index (χ3n) is 4.56. The number of hydrogen-bond donors (Lipinski definition) is 0. The second kappa shape index (κ2) is 7.27. The van der Waals surface area contributed by atoms with Crippen molar-refractivity contribution in [2.45, 2.75) is 37.2 Å². The lowest BCUT2D eigenvalue weighted by atomic mass is 10.2. The maximum Gasteiger partial charge on any atom is 0.243 e. The van der Waals surface area contributed by atoms with Gasteiger partial charge in [-0.2, -0.15) is 4.31 Å². The topological polar surface area (TPSA) is 57.7 Å². The van der Waals surface area contributed by atoms with Gasteiger partial charge in [-0.3, -0.25) is 4.79 Å². The summed E-state index contributed by atoms with van der Waals surface area (Å²) in [6.45, 7) is 2.92. The fourth-order valence-electron chi connectivity index (χ4n) is 3.12. The molecule has 1 fully saturated rings. The van der Waals surface area contributed by atoms with Crippen LogP contribution in [-0.2, 0) is 21.4 Å². The molecule has 0 aliphatic carbocycles.